The molecule has 0 aromatic carbocycles. The Balaban J connectivity index is 1.94. The Morgan fingerprint density at radius 2 is 2.64 bits per heavy atom. The lowest BCUT2D eigenvalue weighted by molar-refractivity contribution is -0.0281. The van der Waals surface area contributed by atoms with Crippen LogP contribution in [-0.4, -0.2) is 36.1 Å². The summed E-state index contributed by atoms with van der Waals surface area (Å²) in [7, 11) is 0. The zero-order chi connectivity index (χ0) is 9.80. The van der Waals surface area contributed by atoms with Crippen molar-refractivity contribution in [3.63, 3.8) is 0 Å². The number of hydrogen-bond donors (Lipinski definition) is 0. The molecule has 14 heavy (non-hydrogen) atoms. The lowest BCUT2D eigenvalue weighted by Crippen LogP contribution is -2.38. The number of rotatable bonds is 3. The van der Waals surface area contributed by atoms with Crippen LogP contribution in [0.25, 0.3) is 0 Å². The Morgan fingerprint density at radius 1 is 1.71 bits per heavy atom. The molecule has 1 aromatic rings. The zero-order valence-corrected chi connectivity index (χ0v) is 9.30. The van der Waals surface area contributed by atoms with E-state index in [1.54, 1.807) is 11.3 Å². The van der Waals surface area contributed by atoms with Crippen molar-refractivity contribution in [2.24, 2.45) is 0 Å². The fourth-order valence-electron chi connectivity index (χ4n) is 1.78. The predicted molar refractivity (Wildman–Crippen MR) is 57.5 cm³/mol. The Morgan fingerprint density at radius 3 is 3.36 bits per heavy atom. The Hall–Kier alpha value is -0.450. The number of nitrogens with zero attached hydrogens (tertiary/aromatic N) is 2. The number of aromatic nitrogens is 1. The average molecular weight is 212 g/mol. The predicted octanol–water partition coefficient (Wildman–Crippen LogP) is 1.93. The summed E-state index contributed by atoms with van der Waals surface area (Å²) in [5.74, 6) is 0. The maximum atomic E-state index is 5.73. The first-order valence-corrected chi connectivity index (χ1v) is 6.00. The Kier molecular flexibility index (Phi) is 3.50. The van der Waals surface area contributed by atoms with Crippen molar-refractivity contribution >= 4 is 11.3 Å². The molecular formula is C10H16N2OS. The summed E-state index contributed by atoms with van der Waals surface area (Å²) < 4.78 is 5.73. The summed E-state index contributed by atoms with van der Waals surface area (Å²) in [6.45, 7) is 6.34. The number of morpholine rings is 1. The molecule has 4 heteroatoms. The smallest absolute Gasteiger partial charge is 0.106 e. The van der Waals surface area contributed by atoms with Crippen LogP contribution in [0.2, 0.25) is 0 Å². The fraction of sp³-hybridized carbons (Fsp3) is 0.700. The molecule has 1 unspecified atom stereocenters. The topological polar surface area (TPSA) is 25.4 Å². The van der Waals surface area contributed by atoms with E-state index in [2.05, 4.69) is 16.8 Å². The van der Waals surface area contributed by atoms with E-state index in [0.717, 1.165) is 19.7 Å². The molecular weight excluding hydrogens is 196 g/mol. The van der Waals surface area contributed by atoms with Crippen LogP contribution in [0.15, 0.2) is 11.7 Å². The number of hydrogen-bond acceptors (Lipinski definition) is 4. The fourth-order valence-corrected chi connectivity index (χ4v) is 2.44. The first-order chi connectivity index (χ1) is 6.90. The van der Waals surface area contributed by atoms with E-state index >= 15 is 0 Å². The van der Waals surface area contributed by atoms with Gasteiger partial charge in [-0.25, -0.2) is 0 Å². The minimum Gasteiger partial charge on any atom is -0.370 e. The molecule has 1 saturated heterocycles. The monoisotopic (exact) mass is 212 g/mol. The van der Waals surface area contributed by atoms with Crippen LogP contribution in [0.4, 0.5) is 0 Å². The maximum absolute atomic E-state index is 5.73. The first kappa shape index (κ1) is 10.1. The molecule has 3 nitrogen and oxygen atoms in total. The molecule has 0 bridgehead atoms. The summed E-state index contributed by atoms with van der Waals surface area (Å²) >= 11 is 1.69. The molecule has 78 valence electrons. The highest BCUT2D eigenvalue weighted by Crippen LogP contribution is 2.24. The van der Waals surface area contributed by atoms with Crippen LogP contribution in [0, 0.1) is 0 Å². The lowest BCUT2D eigenvalue weighted by atomic mass is 10.2. The molecule has 0 saturated carbocycles. The van der Waals surface area contributed by atoms with Crippen molar-refractivity contribution in [3.8, 4) is 0 Å². The second-order valence-electron chi connectivity index (χ2n) is 3.56. The lowest BCUT2D eigenvalue weighted by Gasteiger charge is -2.31. The molecule has 1 fully saturated rings. The molecule has 0 radical (unpaired) electrons. The standard InChI is InChI=1S/C10H16N2OS/c1-2-3-12-4-5-13-9(7-12)10-6-11-8-14-10/h6,8-9H,2-5,7H2,1H3. The molecule has 1 aliphatic rings. The van der Waals surface area contributed by atoms with Gasteiger partial charge in [0.1, 0.15) is 6.10 Å². The molecule has 2 heterocycles. The molecule has 1 aromatic heterocycles. The minimum absolute atomic E-state index is 0.253. The van der Waals surface area contributed by atoms with Gasteiger partial charge in [-0.3, -0.25) is 9.88 Å². The van der Waals surface area contributed by atoms with Crippen molar-refractivity contribution in [1.29, 1.82) is 0 Å². The van der Waals surface area contributed by atoms with Gasteiger partial charge in [0.2, 0.25) is 0 Å². The molecule has 0 aliphatic carbocycles. The second-order valence-corrected chi connectivity index (χ2v) is 4.48. The Bertz CT molecular complexity index is 261. The van der Waals surface area contributed by atoms with Gasteiger partial charge in [-0.05, 0) is 13.0 Å². The summed E-state index contributed by atoms with van der Waals surface area (Å²) in [6.07, 6.45) is 3.39. The molecule has 1 aliphatic heterocycles. The molecule has 0 N–H and O–H groups in total. The third kappa shape index (κ3) is 2.32. The molecule has 0 amide bonds. The molecule has 0 spiro atoms. The van der Waals surface area contributed by atoms with Gasteiger partial charge >= 0.3 is 0 Å². The van der Waals surface area contributed by atoms with Crippen LogP contribution < -0.4 is 0 Å². The highest BCUT2D eigenvalue weighted by atomic mass is 32.1. The largest absolute Gasteiger partial charge is 0.370 e. The van der Waals surface area contributed by atoms with E-state index in [0.29, 0.717) is 0 Å². The van der Waals surface area contributed by atoms with Crippen LogP contribution in [-0.2, 0) is 4.74 Å². The van der Waals surface area contributed by atoms with Gasteiger partial charge in [0.15, 0.2) is 0 Å². The normalized spacial score (nSPS) is 23.9. The van der Waals surface area contributed by atoms with Crippen LogP contribution in [0.1, 0.15) is 24.3 Å². The van der Waals surface area contributed by atoms with E-state index in [9.17, 15) is 0 Å². The zero-order valence-electron chi connectivity index (χ0n) is 8.48. The number of thiazole rings is 1. The summed E-state index contributed by atoms with van der Waals surface area (Å²) in [5.41, 5.74) is 1.87. The maximum Gasteiger partial charge on any atom is 0.106 e. The van der Waals surface area contributed by atoms with E-state index in [-0.39, 0.29) is 6.10 Å². The quantitative estimate of drug-likeness (QED) is 0.765. The third-order valence-electron chi connectivity index (χ3n) is 2.46. The van der Waals surface area contributed by atoms with Gasteiger partial charge < -0.3 is 4.74 Å². The van der Waals surface area contributed by atoms with Crippen molar-refractivity contribution in [3.05, 3.63) is 16.6 Å². The van der Waals surface area contributed by atoms with E-state index in [1.165, 1.54) is 17.8 Å². The van der Waals surface area contributed by atoms with Crippen LogP contribution in [0.5, 0.6) is 0 Å². The second kappa shape index (κ2) is 4.87. The van der Waals surface area contributed by atoms with Gasteiger partial charge in [-0.15, -0.1) is 11.3 Å². The minimum atomic E-state index is 0.253. The number of ether oxygens (including phenoxy) is 1. The van der Waals surface area contributed by atoms with Crippen molar-refractivity contribution in [2.45, 2.75) is 19.4 Å². The van der Waals surface area contributed by atoms with Crippen molar-refractivity contribution in [1.82, 2.24) is 9.88 Å². The summed E-state index contributed by atoms with van der Waals surface area (Å²) in [5, 5.41) is 0. The van der Waals surface area contributed by atoms with Gasteiger partial charge in [-0.2, -0.15) is 0 Å². The highest BCUT2D eigenvalue weighted by molar-refractivity contribution is 7.09. The SMILES string of the molecule is CCCN1CCOC(c2cncs2)C1. The Labute approximate surface area is 88.7 Å². The molecule has 2 rings (SSSR count). The van der Waals surface area contributed by atoms with E-state index < -0.39 is 0 Å². The van der Waals surface area contributed by atoms with E-state index in [1.807, 2.05) is 11.7 Å². The van der Waals surface area contributed by atoms with Gasteiger partial charge in [0, 0.05) is 19.3 Å². The average Bonchev–Trinajstić information content (AvgIpc) is 2.71. The van der Waals surface area contributed by atoms with Gasteiger partial charge in [0.25, 0.3) is 0 Å². The van der Waals surface area contributed by atoms with Gasteiger partial charge in [0.05, 0.1) is 17.0 Å². The van der Waals surface area contributed by atoms with Crippen LogP contribution >= 0.6 is 11.3 Å². The van der Waals surface area contributed by atoms with Gasteiger partial charge in [-0.1, -0.05) is 6.92 Å². The van der Waals surface area contributed by atoms with Crippen molar-refractivity contribution < 1.29 is 4.74 Å². The van der Waals surface area contributed by atoms with Crippen LogP contribution in [0.3, 0.4) is 0 Å². The first-order valence-electron chi connectivity index (χ1n) is 5.12. The third-order valence-corrected chi connectivity index (χ3v) is 3.33. The molecule has 1 atom stereocenters. The van der Waals surface area contributed by atoms with E-state index in [4.69, 9.17) is 4.74 Å². The van der Waals surface area contributed by atoms with Crippen molar-refractivity contribution in [2.75, 3.05) is 26.2 Å². The summed E-state index contributed by atoms with van der Waals surface area (Å²) in [4.78, 5) is 7.81. The summed E-state index contributed by atoms with van der Waals surface area (Å²) in [6, 6.07) is 0. The highest BCUT2D eigenvalue weighted by Gasteiger charge is 2.22.